The zero-order chi connectivity index (χ0) is 7.52. The van der Waals surface area contributed by atoms with Gasteiger partial charge in [0.2, 0.25) is 0 Å². The summed E-state index contributed by atoms with van der Waals surface area (Å²) in [5.74, 6) is 0. The second-order valence-electron chi connectivity index (χ2n) is 2.38. The van der Waals surface area contributed by atoms with E-state index >= 15 is 0 Å². The second-order valence-corrected chi connectivity index (χ2v) is 2.38. The third-order valence-corrected chi connectivity index (χ3v) is 1.62. The highest BCUT2D eigenvalue weighted by Gasteiger charge is 2.09. The van der Waals surface area contributed by atoms with E-state index in [0.717, 1.165) is 17.7 Å². The van der Waals surface area contributed by atoms with Crippen LogP contribution in [0.1, 0.15) is 12.0 Å². The van der Waals surface area contributed by atoms with Gasteiger partial charge in [-0.05, 0) is 5.56 Å². The average molecular weight is 146 g/mol. The molecule has 0 aromatic heterocycles. The highest BCUT2D eigenvalue weighted by Crippen LogP contribution is 2.12. The molecule has 1 aliphatic heterocycles. The topological polar surface area (TPSA) is 21.6 Å². The molecular formula is C9H8NO. The Morgan fingerprint density at radius 1 is 1.18 bits per heavy atom. The van der Waals surface area contributed by atoms with Gasteiger partial charge in [-0.3, -0.25) is 0 Å². The van der Waals surface area contributed by atoms with Gasteiger partial charge >= 0.3 is 0 Å². The number of hydrogen-bond donors (Lipinski definition) is 0. The highest BCUT2D eigenvalue weighted by molar-refractivity contribution is 6.01. The van der Waals surface area contributed by atoms with Crippen LogP contribution in [-0.4, -0.2) is 5.71 Å². The van der Waals surface area contributed by atoms with E-state index in [1.807, 2.05) is 30.3 Å². The van der Waals surface area contributed by atoms with Crippen LogP contribution in [0.3, 0.4) is 0 Å². The lowest BCUT2D eigenvalue weighted by atomic mass is 10.1. The zero-order valence-corrected chi connectivity index (χ0v) is 6.03. The first-order valence-corrected chi connectivity index (χ1v) is 3.56. The number of benzene rings is 1. The molecule has 0 aliphatic carbocycles. The molecule has 0 amide bonds. The molecule has 1 heterocycles. The number of rotatable bonds is 1. The van der Waals surface area contributed by atoms with Gasteiger partial charge in [-0.25, -0.2) is 0 Å². The lowest BCUT2D eigenvalue weighted by Gasteiger charge is -1.94. The monoisotopic (exact) mass is 146 g/mol. The van der Waals surface area contributed by atoms with Gasteiger partial charge in [-0.1, -0.05) is 35.5 Å². The Bertz CT molecular complexity index is 266. The van der Waals surface area contributed by atoms with Crippen LogP contribution in [0.5, 0.6) is 0 Å². The fraction of sp³-hybridized carbons (Fsp3) is 0.111. The van der Waals surface area contributed by atoms with Crippen molar-refractivity contribution in [1.29, 1.82) is 0 Å². The maximum atomic E-state index is 4.77. The van der Waals surface area contributed by atoms with Crippen LogP contribution in [-0.2, 0) is 4.84 Å². The van der Waals surface area contributed by atoms with Crippen LogP contribution in [0.15, 0.2) is 35.5 Å². The maximum absolute atomic E-state index is 4.77. The van der Waals surface area contributed by atoms with E-state index in [9.17, 15) is 0 Å². The van der Waals surface area contributed by atoms with Crippen LogP contribution in [0.25, 0.3) is 0 Å². The van der Waals surface area contributed by atoms with Crippen LogP contribution >= 0.6 is 0 Å². The van der Waals surface area contributed by atoms with Crippen LogP contribution in [0.4, 0.5) is 0 Å². The number of nitrogens with zero attached hydrogens (tertiary/aromatic N) is 1. The fourth-order valence-corrected chi connectivity index (χ4v) is 1.06. The molecule has 2 rings (SSSR count). The molecule has 1 aromatic carbocycles. The van der Waals surface area contributed by atoms with E-state index in [4.69, 9.17) is 4.84 Å². The summed E-state index contributed by atoms with van der Waals surface area (Å²) in [6.45, 7) is 1.70. The predicted molar refractivity (Wildman–Crippen MR) is 43.0 cm³/mol. The van der Waals surface area contributed by atoms with Gasteiger partial charge in [-0.2, -0.15) is 0 Å². The summed E-state index contributed by atoms with van der Waals surface area (Å²) in [6, 6.07) is 10.0. The first-order valence-electron chi connectivity index (χ1n) is 3.56. The van der Waals surface area contributed by atoms with Gasteiger partial charge < -0.3 is 4.84 Å². The molecular weight excluding hydrogens is 138 g/mol. The van der Waals surface area contributed by atoms with Gasteiger partial charge in [0.1, 0.15) is 0 Å². The molecule has 0 spiro atoms. The number of hydrogen-bond acceptors (Lipinski definition) is 2. The van der Waals surface area contributed by atoms with Crippen molar-refractivity contribution >= 4 is 5.71 Å². The lowest BCUT2D eigenvalue weighted by Crippen LogP contribution is -1.94. The minimum absolute atomic E-state index is 0.810. The van der Waals surface area contributed by atoms with E-state index in [0.29, 0.717) is 0 Å². The minimum atomic E-state index is 0.810. The third kappa shape index (κ3) is 1.24. The van der Waals surface area contributed by atoms with Crippen molar-refractivity contribution in [1.82, 2.24) is 0 Å². The molecule has 1 radical (unpaired) electrons. The van der Waals surface area contributed by atoms with Gasteiger partial charge in [0, 0.05) is 6.42 Å². The molecule has 0 saturated carbocycles. The molecule has 0 unspecified atom stereocenters. The Kier molecular flexibility index (Phi) is 1.60. The summed E-state index contributed by atoms with van der Waals surface area (Å²) in [7, 11) is 0. The van der Waals surface area contributed by atoms with E-state index < -0.39 is 0 Å². The van der Waals surface area contributed by atoms with E-state index in [-0.39, 0.29) is 0 Å². The Hall–Kier alpha value is -1.31. The molecule has 0 bridgehead atoms. The Morgan fingerprint density at radius 2 is 2.00 bits per heavy atom. The SMILES string of the molecule is [CH]1CC(c2ccccc2)=NO1. The molecule has 55 valence electrons. The first-order chi connectivity index (χ1) is 5.47. The van der Waals surface area contributed by atoms with Crippen LogP contribution < -0.4 is 0 Å². The summed E-state index contributed by atoms with van der Waals surface area (Å²) in [4.78, 5) is 4.77. The minimum Gasteiger partial charge on any atom is -0.388 e. The summed E-state index contributed by atoms with van der Waals surface area (Å²) in [5.41, 5.74) is 2.15. The predicted octanol–water partition coefficient (Wildman–Crippen LogP) is 1.97. The molecule has 2 nitrogen and oxygen atoms in total. The average Bonchev–Trinajstić information content (AvgIpc) is 2.58. The molecule has 0 N–H and O–H groups in total. The summed E-state index contributed by atoms with van der Waals surface area (Å²) >= 11 is 0. The largest absolute Gasteiger partial charge is 0.388 e. The third-order valence-electron chi connectivity index (χ3n) is 1.62. The Labute approximate surface area is 65.5 Å². The van der Waals surface area contributed by atoms with Crippen molar-refractivity contribution < 1.29 is 4.84 Å². The molecule has 1 aromatic rings. The van der Waals surface area contributed by atoms with Crippen molar-refractivity contribution in [2.75, 3.05) is 0 Å². The summed E-state index contributed by atoms with van der Waals surface area (Å²) < 4.78 is 0. The molecule has 2 heteroatoms. The van der Waals surface area contributed by atoms with Crippen molar-refractivity contribution in [3.05, 3.63) is 42.5 Å². The molecule has 0 fully saturated rings. The van der Waals surface area contributed by atoms with Crippen molar-refractivity contribution in [2.24, 2.45) is 5.16 Å². The summed E-state index contributed by atoms with van der Waals surface area (Å²) in [6.07, 6.45) is 0.810. The van der Waals surface area contributed by atoms with Crippen molar-refractivity contribution in [3.8, 4) is 0 Å². The van der Waals surface area contributed by atoms with E-state index in [1.165, 1.54) is 0 Å². The smallest absolute Gasteiger partial charge is 0.172 e. The number of oxime groups is 1. The molecule has 0 atom stereocenters. The standard InChI is InChI=1S/C9H8NO/c1-2-4-8(5-3-1)9-6-7-11-10-9/h1-5,7H,6H2. The maximum Gasteiger partial charge on any atom is 0.172 e. The van der Waals surface area contributed by atoms with Gasteiger partial charge in [-0.15, -0.1) is 0 Å². The Balaban J connectivity index is 2.29. The highest BCUT2D eigenvalue weighted by atomic mass is 16.6. The zero-order valence-electron chi connectivity index (χ0n) is 6.03. The quantitative estimate of drug-likeness (QED) is 0.593. The van der Waals surface area contributed by atoms with Crippen LogP contribution in [0, 0.1) is 6.61 Å². The van der Waals surface area contributed by atoms with Crippen molar-refractivity contribution in [2.45, 2.75) is 6.42 Å². The molecule has 1 aliphatic rings. The fourth-order valence-electron chi connectivity index (χ4n) is 1.06. The van der Waals surface area contributed by atoms with Crippen LogP contribution in [0.2, 0.25) is 0 Å². The van der Waals surface area contributed by atoms with Crippen molar-refractivity contribution in [3.63, 3.8) is 0 Å². The normalized spacial score (nSPS) is 15.8. The van der Waals surface area contributed by atoms with Gasteiger partial charge in [0.05, 0.1) is 5.71 Å². The van der Waals surface area contributed by atoms with E-state index in [2.05, 4.69) is 5.16 Å². The molecule has 11 heavy (non-hydrogen) atoms. The second kappa shape index (κ2) is 2.74. The summed E-state index contributed by atoms with van der Waals surface area (Å²) in [5, 5.41) is 3.87. The first kappa shape index (κ1) is 6.40. The lowest BCUT2D eigenvalue weighted by molar-refractivity contribution is 0.234. The Morgan fingerprint density at radius 3 is 2.64 bits per heavy atom. The van der Waals surface area contributed by atoms with E-state index in [1.54, 1.807) is 6.61 Å². The van der Waals surface area contributed by atoms with Gasteiger partial charge in [0.25, 0.3) is 0 Å². The van der Waals surface area contributed by atoms with Gasteiger partial charge in [0.15, 0.2) is 6.61 Å². The molecule has 0 saturated heterocycles.